The van der Waals surface area contributed by atoms with Crippen LogP contribution in [0.4, 0.5) is 5.13 Å². The minimum absolute atomic E-state index is 0.119. The Morgan fingerprint density at radius 3 is 2.43 bits per heavy atom. The van der Waals surface area contributed by atoms with Crippen LogP contribution in [0, 0.1) is 6.92 Å². The third-order valence-corrected chi connectivity index (χ3v) is 5.49. The van der Waals surface area contributed by atoms with Crippen LogP contribution in [0.15, 0.2) is 29.2 Å². The number of hydrogen-bond acceptors (Lipinski definition) is 6. The molecule has 7 nitrogen and oxygen atoms in total. The number of hydrogen-bond donors (Lipinski definition) is 2. The van der Waals surface area contributed by atoms with Gasteiger partial charge >= 0.3 is 0 Å². The van der Waals surface area contributed by atoms with Gasteiger partial charge in [0.1, 0.15) is 5.01 Å². The maximum absolute atomic E-state index is 12.1. The summed E-state index contributed by atoms with van der Waals surface area (Å²) in [5, 5.41) is 11.5. The highest BCUT2D eigenvalue weighted by molar-refractivity contribution is 7.89. The van der Waals surface area contributed by atoms with Crippen LogP contribution in [0.25, 0.3) is 0 Å². The summed E-state index contributed by atoms with van der Waals surface area (Å²) >= 11 is 1.27. The second-order valence-electron chi connectivity index (χ2n) is 5.29. The van der Waals surface area contributed by atoms with E-state index >= 15 is 0 Å². The topological polar surface area (TPSA) is 101 Å². The fourth-order valence-electron chi connectivity index (χ4n) is 1.64. The van der Waals surface area contributed by atoms with Crippen molar-refractivity contribution in [3.63, 3.8) is 0 Å². The molecule has 0 saturated carbocycles. The highest BCUT2D eigenvalue weighted by Gasteiger charge is 2.16. The zero-order valence-electron chi connectivity index (χ0n) is 13.0. The monoisotopic (exact) mass is 354 g/mol. The SMILES string of the molecule is Cc1ccc(S(=O)(=O)NCC(=O)Nc2nnc(C(C)C)s2)cc1. The highest BCUT2D eigenvalue weighted by Crippen LogP contribution is 2.22. The third-order valence-electron chi connectivity index (χ3n) is 2.93. The Labute approximate surface area is 139 Å². The number of benzene rings is 1. The largest absolute Gasteiger partial charge is 0.299 e. The van der Waals surface area contributed by atoms with E-state index in [1.165, 1.54) is 23.5 Å². The van der Waals surface area contributed by atoms with Crippen LogP contribution in [0.5, 0.6) is 0 Å². The molecule has 0 aliphatic carbocycles. The average molecular weight is 354 g/mol. The summed E-state index contributed by atoms with van der Waals surface area (Å²) in [6.07, 6.45) is 0. The molecule has 124 valence electrons. The summed E-state index contributed by atoms with van der Waals surface area (Å²) in [6, 6.07) is 6.39. The lowest BCUT2D eigenvalue weighted by molar-refractivity contribution is -0.115. The van der Waals surface area contributed by atoms with E-state index in [1.54, 1.807) is 12.1 Å². The van der Waals surface area contributed by atoms with Crippen molar-refractivity contribution < 1.29 is 13.2 Å². The van der Waals surface area contributed by atoms with Crippen LogP contribution in [0.3, 0.4) is 0 Å². The Hall–Kier alpha value is -1.84. The third kappa shape index (κ3) is 4.81. The molecule has 0 fully saturated rings. The van der Waals surface area contributed by atoms with Gasteiger partial charge in [-0.3, -0.25) is 10.1 Å². The molecule has 2 N–H and O–H groups in total. The van der Waals surface area contributed by atoms with Crippen LogP contribution < -0.4 is 10.0 Å². The Bertz CT molecular complexity index is 783. The molecule has 1 heterocycles. The summed E-state index contributed by atoms with van der Waals surface area (Å²) in [7, 11) is -3.72. The summed E-state index contributed by atoms with van der Waals surface area (Å²) in [6.45, 7) is 5.45. The smallest absolute Gasteiger partial charge is 0.241 e. The van der Waals surface area contributed by atoms with Crippen LogP contribution >= 0.6 is 11.3 Å². The van der Waals surface area contributed by atoms with Gasteiger partial charge in [-0.15, -0.1) is 10.2 Å². The quantitative estimate of drug-likeness (QED) is 0.825. The van der Waals surface area contributed by atoms with E-state index in [2.05, 4.69) is 20.2 Å². The van der Waals surface area contributed by atoms with Gasteiger partial charge in [-0.05, 0) is 19.1 Å². The number of carbonyl (C=O) groups excluding carboxylic acids is 1. The number of sulfonamides is 1. The maximum atomic E-state index is 12.1. The average Bonchev–Trinajstić information content (AvgIpc) is 2.94. The first kappa shape index (κ1) is 17.5. The lowest BCUT2D eigenvalue weighted by Crippen LogP contribution is -2.32. The number of amides is 1. The van der Waals surface area contributed by atoms with E-state index in [1.807, 2.05) is 20.8 Å². The first-order chi connectivity index (χ1) is 10.8. The van der Waals surface area contributed by atoms with Crippen molar-refractivity contribution in [2.24, 2.45) is 0 Å². The number of aromatic nitrogens is 2. The standard InChI is InChI=1S/C14H18N4O3S2/c1-9(2)13-17-18-14(22-13)16-12(19)8-15-23(20,21)11-6-4-10(3)5-7-11/h4-7,9,15H,8H2,1-3H3,(H,16,18,19). The second-order valence-corrected chi connectivity index (χ2v) is 8.06. The number of rotatable bonds is 6. The highest BCUT2D eigenvalue weighted by atomic mass is 32.2. The number of nitrogens with one attached hydrogen (secondary N) is 2. The predicted molar refractivity (Wildman–Crippen MR) is 89.0 cm³/mol. The Morgan fingerprint density at radius 1 is 1.22 bits per heavy atom. The molecule has 0 aliphatic heterocycles. The first-order valence-corrected chi connectivity index (χ1v) is 9.27. The molecule has 0 aliphatic rings. The molecule has 23 heavy (non-hydrogen) atoms. The minimum Gasteiger partial charge on any atom is -0.299 e. The molecule has 2 aromatic rings. The fourth-order valence-corrected chi connectivity index (χ4v) is 3.39. The van der Waals surface area contributed by atoms with Gasteiger partial charge < -0.3 is 0 Å². The number of carbonyl (C=O) groups is 1. The minimum atomic E-state index is -3.72. The molecule has 1 aromatic carbocycles. The zero-order chi connectivity index (χ0) is 17.0. The normalized spacial score (nSPS) is 11.7. The van der Waals surface area contributed by atoms with E-state index in [4.69, 9.17) is 0 Å². The van der Waals surface area contributed by atoms with Crippen LogP contribution in [0.1, 0.15) is 30.3 Å². The molecular weight excluding hydrogens is 336 g/mol. The van der Waals surface area contributed by atoms with E-state index in [0.717, 1.165) is 10.6 Å². The van der Waals surface area contributed by atoms with Crippen molar-refractivity contribution in [2.75, 3.05) is 11.9 Å². The molecule has 9 heteroatoms. The molecule has 1 aromatic heterocycles. The molecule has 0 unspecified atom stereocenters. The Kier molecular flexibility index (Phi) is 5.45. The molecule has 0 atom stereocenters. The zero-order valence-corrected chi connectivity index (χ0v) is 14.7. The van der Waals surface area contributed by atoms with E-state index in [9.17, 15) is 13.2 Å². The molecule has 0 bridgehead atoms. The molecule has 1 amide bonds. The number of anilines is 1. The van der Waals surface area contributed by atoms with Crippen LogP contribution in [0.2, 0.25) is 0 Å². The van der Waals surface area contributed by atoms with Crippen LogP contribution in [-0.2, 0) is 14.8 Å². The van der Waals surface area contributed by atoms with Gasteiger partial charge in [-0.2, -0.15) is 0 Å². The number of nitrogens with zero attached hydrogens (tertiary/aromatic N) is 2. The first-order valence-electron chi connectivity index (χ1n) is 6.97. The van der Waals surface area contributed by atoms with Crippen molar-refractivity contribution in [3.8, 4) is 0 Å². The van der Waals surface area contributed by atoms with Crippen molar-refractivity contribution in [1.29, 1.82) is 0 Å². The second kappa shape index (κ2) is 7.16. The molecule has 0 radical (unpaired) electrons. The van der Waals surface area contributed by atoms with Gasteiger partial charge in [-0.25, -0.2) is 13.1 Å². The lowest BCUT2D eigenvalue weighted by atomic mass is 10.2. The molecular formula is C14H18N4O3S2. The summed E-state index contributed by atoms with van der Waals surface area (Å²) in [5.74, 6) is -0.273. The summed E-state index contributed by atoms with van der Waals surface area (Å²) in [4.78, 5) is 11.9. The molecule has 0 saturated heterocycles. The molecule has 2 rings (SSSR count). The van der Waals surface area contributed by atoms with Gasteiger partial charge in [0, 0.05) is 5.92 Å². The lowest BCUT2D eigenvalue weighted by Gasteiger charge is -2.06. The van der Waals surface area contributed by atoms with Crippen molar-refractivity contribution in [2.45, 2.75) is 31.6 Å². The Morgan fingerprint density at radius 2 is 1.87 bits per heavy atom. The van der Waals surface area contributed by atoms with Crippen LogP contribution in [-0.4, -0.2) is 31.1 Å². The summed E-state index contributed by atoms with van der Waals surface area (Å²) < 4.78 is 26.4. The summed E-state index contributed by atoms with van der Waals surface area (Å²) in [5.41, 5.74) is 0.957. The fraction of sp³-hybridized carbons (Fsp3) is 0.357. The molecule has 0 spiro atoms. The number of aryl methyl sites for hydroxylation is 1. The van der Waals surface area contributed by atoms with Gasteiger partial charge in [0.15, 0.2) is 0 Å². The van der Waals surface area contributed by atoms with Gasteiger partial charge in [0.25, 0.3) is 0 Å². The van der Waals surface area contributed by atoms with E-state index in [0.29, 0.717) is 5.13 Å². The maximum Gasteiger partial charge on any atom is 0.241 e. The van der Waals surface area contributed by atoms with E-state index < -0.39 is 15.9 Å². The van der Waals surface area contributed by atoms with Gasteiger partial charge in [0.2, 0.25) is 21.1 Å². The van der Waals surface area contributed by atoms with E-state index in [-0.39, 0.29) is 17.4 Å². The van der Waals surface area contributed by atoms with Crippen molar-refractivity contribution in [1.82, 2.24) is 14.9 Å². The Balaban J connectivity index is 1.94. The van der Waals surface area contributed by atoms with Crippen molar-refractivity contribution in [3.05, 3.63) is 34.8 Å². The van der Waals surface area contributed by atoms with Crippen molar-refractivity contribution >= 4 is 32.4 Å². The predicted octanol–water partition coefficient (Wildman–Crippen LogP) is 1.89. The van der Waals surface area contributed by atoms with Gasteiger partial charge in [-0.1, -0.05) is 42.9 Å². The van der Waals surface area contributed by atoms with Gasteiger partial charge in [0.05, 0.1) is 11.4 Å².